The van der Waals surface area contributed by atoms with E-state index in [0.29, 0.717) is 25.1 Å². The molecule has 2 heterocycles. The van der Waals surface area contributed by atoms with Gasteiger partial charge in [-0.1, -0.05) is 28.1 Å². The fraction of sp³-hybridized carbons (Fsp3) is 0.238. The first-order valence-corrected chi connectivity index (χ1v) is 10.2. The summed E-state index contributed by atoms with van der Waals surface area (Å²) in [6.45, 7) is 1.01. The first-order chi connectivity index (χ1) is 14.1. The highest BCUT2D eigenvalue weighted by atomic mass is 79.9. The van der Waals surface area contributed by atoms with Crippen LogP contribution in [-0.2, 0) is 11.3 Å². The maximum absolute atomic E-state index is 12.8. The molecule has 7 nitrogen and oxygen atoms in total. The first kappa shape index (κ1) is 19.3. The van der Waals surface area contributed by atoms with E-state index in [2.05, 4.69) is 31.3 Å². The number of nitrogens with one attached hydrogen (secondary N) is 1. The molecular weight excluding hydrogens is 434 g/mol. The molecule has 0 radical (unpaired) electrons. The van der Waals surface area contributed by atoms with E-state index in [9.17, 15) is 9.59 Å². The molecule has 4 rings (SSSR count). The molecule has 0 spiro atoms. The van der Waals surface area contributed by atoms with Gasteiger partial charge in [0, 0.05) is 23.1 Å². The number of carbonyl (C=O) groups excluding carboxylic acids is 2. The van der Waals surface area contributed by atoms with Gasteiger partial charge < -0.3 is 10.2 Å². The predicted octanol–water partition coefficient (Wildman–Crippen LogP) is 2.95. The van der Waals surface area contributed by atoms with E-state index in [-0.39, 0.29) is 11.8 Å². The number of likely N-dealkylation sites (tertiary alicyclic amines) is 1. The highest BCUT2D eigenvalue weighted by molar-refractivity contribution is 9.10. The molecule has 3 aromatic rings. The number of hydrogen-bond donors (Lipinski definition) is 1. The van der Waals surface area contributed by atoms with Crippen LogP contribution in [0.25, 0.3) is 5.69 Å². The summed E-state index contributed by atoms with van der Waals surface area (Å²) in [6.07, 6.45) is 4.62. The van der Waals surface area contributed by atoms with E-state index in [0.717, 1.165) is 22.1 Å². The third-order valence-corrected chi connectivity index (χ3v) is 5.52. The summed E-state index contributed by atoms with van der Waals surface area (Å²) < 4.78 is 2.59. The number of aromatic nitrogens is 3. The van der Waals surface area contributed by atoms with E-state index in [1.54, 1.807) is 28.0 Å². The maximum Gasteiger partial charge on any atom is 0.254 e. The summed E-state index contributed by atoms with van der Waals surface area (Å²) in [6, 6.07) is 14.5. The molecule has 1 atom stereocenters. The number of hydrogen-bond acceptors (Lipinski definition) is 4. The zero-order valence-electron chi connectivity index (χ0n) is 15.7. The molecule has 1 fully saturated rings. The highest BCUT2D eigenvalue weighted by Crippen LogP contribution is 2.21. The molecule has 0 saturated carbocycles. The third kappa shape index (κ3) is 4.37. The molecule has 0 bridgehead atoms. The van der Waals surface area contributed by atoms with Crippen molar-refractivity contribution in [2.24, 2.45) is 0 Å². The molecule has 0 aliphatic carbocycles. The minimum absolute atomic E-state index is 0.104. The Morgan fingerprint density at radius 2 is 1.86 bits per heavy atom. The normalized spacial score (nSPS) is 16.0. The number of rotatable bonds is 5. The Hall–Kier alpha value is -3.00. The molecule has 1 unspecified atom stereocenters. The van der Waals surface area contributed by atoms with Crippen LogP contribution in [0.5, 0.6) is 0 Å². The van der Waals surface area contributed by atoms with Crippen LogP contribution in [0.2, 0.25) is 0 Å². The quantitative estimate of drug-likeness (QED) is 0.643. The third-order valence-electron chi connectivity index (χ3n) is 4.99. The van der Waals surface area contributed by atoms with Crippen LogP contribution in [0, 0.1) is 0 Å². The van der Waals surface area contributed by atoms with Crippen LogP contribution in [0.3, 0.4) is 0 Å². The molecular formula is C21H20BrN5O2. The van der Waals surface area contributed by atoms with Crippen LogP contribution in [-0.4, -0.2) is 44.1 Å². The molecule has 2 aromatic carbocycles. The molecule has 1 aromatic heterocycles. The van der Waals surface area contributed by atoms with Gasteiger partial charge in [0.2, 0.25) is 5.91 Å². The topological polar surface area (TPSA) is 80.1 Å². The average Bonchev–Trinajstić information content (AvgIpc) is 3.44. The lowest BCUT2D eigenvalue weighted by atomic mass is 10.1. The Bertz CT molecular complexity index is 987. The summed E-state index contributed by atoms with van der Waals surface area (Å²) in [5, 5.41) is 7.06. The van der Waals surface area contributed by atoms with Gasteiger partial charge in [-0.3, -0.25) is 9.59 Å². The highest BCUT2D eigenvalue weighted by Gasteiger charge is 2.34. The predicted molar refractivity (Wildman–Crippen MR) is 111 cm³/mol. The van der Waals surface area contributed by atoms with Crippen LogP contribution in [0.1, 0.15) is 28.8 Å². The summed E-state index contributed by atoms with van der Waals surface area (Å²) >= 11 is 3.37. The molecule has 8 heteroatoms. The molecule has 29 heavy (non-hydrogen) atoms. The van der Waals surface area contributed by atoms with Crippen molar-refractivity contribution in [1.29, 1.82) is 0 Å². The van der Waals surface area contributed by atoms with Gasteiger partial charge in [0.25, 0.3) is 5.91 Å². The second kappa shape index (κ2) is 8.57. The van der Waals surface area contributed by atoms with Crippen LogP contribution < -0.4 is 5.32 Å². The number of amides is 2. The minimum atomic E-state index is -0.430. The molecule has 2 amide bonds. The van der Waals surface area contributed by atoms with Crippen molar-refractivity contribution in [3.8, 4) is 5.69 Å². The fourth-order valence-electron chi connectivity index (χ4n) is 3.46. The van der Waals surface area contributed by atoms with Gasteiger partial charge in [-0.05, 0) is 54.8 Å². The lowest BCUT2D eigenvalue weighted by Crippen LogP contribution is -2.45. The number of carbonyl (C=O) groups is 2. The van der Waals surface area contributed by atoms with Gasteiger partial charge in [0.1, 0.15) is 18.7 Å². The second-order valence-electron chi connectivity index (χ2n) is 6.89. The second-order valence-corrected chi connectivity index (χ2v) is 7.80. The van der Waals surface area contributed by atoms with Crippen molar-refractivity contribution in [3.05, 3.63) is 76.8 Å². The lowest BCUT2D eigenvalue weighted by molar-refractivity contribution is -0.125. The summed E-state index contributed by atoms with van der Waals surface area (Å²) in [5.74, 6) is -0.222. The Morgan fingerprint density at radius 3 is 2.55 bits per heavy atom. The summed E-state index contributed by atoms with van der Waals surface area (Å²) in [4.78, 5) is 31.2. The molecule has 1 aliphatic rings. The monoisotopic (exact) mass is 453 g/mol. The van der Waals surface area contributed by atoms with E-state index in [1.165, 1.54) is 6.33 Å². The summed E-state index contributed by atoms with van der Waals surface area (Å²) in [7, 11) is 0. The largest absolute Gasteiger partial charge is 0.350 e. The standard InChI is InChI=1S/C21H20BrN5O2/c22-17-7-5-16(6-8-17)21(29)26-11-1-2-19(26)20(28)24-12-15-3-9-18(10-4-15)27-14-23-13-25-27/h3-10,13-14,19H,1-2,11-12H2,(H,24,28). The van der Waals surface area contributed by atoms with Gasteiger partial charge in [-0.25, -0.2) is 9.67 Å². The van der Waals surface area contributed by atoms with Gasteiger partial charge in [-0.2, -0.15) is 5.10 Å². The van der Waals surface area contributed by atoms with E-state index >= 15 is 0 Å². The van der Waals surface area contributed by atoms with Gasteiger partial charge >= 0.3 is 0 Å². The maximum atomic E-state index is 12.8. The fourth-order valence-corrected chi connectivity index (χ4v) is 3.72. The minimum Gasteiger partial charge on any atom is -0.350 e. The SMILES string of the molecule is O=C(NCc1ccc(-n2cncn2)cc1)C1CCCN1C(=O)c1ccc(Br)cc1. The number of halogens is 1. The van der Waals surface area contributed by atoms with Crippen molar-refractivity contribution in [2.45, 2.75) is 25.4 Å². The van der Waals surface area contributed by atoms with E-state index in [4.69, 9.17) is 0 Å². The number of nitrogens with zero attached hydrogens (tertiary/aromatic N) is 4. The van der Waals surface area contributed by atoms with E-state index in [1.807, 2.05) is 36.4 Å². The summed E-state index contributed by atoms with van der Waals surface area (Å²) in [5.41, 5.74) is 2.47. The van der Waals surface area contributed by atoms with Gasteiger partial charge in [-0.15, -0.1) is 0 Å². The van der Waals surface area contributed by atoms with Crippen molar-refractivity contribution in [3.63, 3.8) is 0 Å². The smallest absolute Gasteiger partial charge is 0.254 e. The molecule has 1 saturated heterocycles. The molecule has 1 aliphatic heterocycles. The van der Waals surface area contributed by atoms with Crippen LogP contribution in [0.15, 0.2) is 65.7 Å². The van der Waals surface area contributed by atoms with E-state index < -0.39 is 6.04 Å². The Labute approximate surface area is 176 Å². The van der Waals surface area contributed by atoms with Crippen molar-refractivity contribution < 1.29 is 9.59 Å². The van der Waals surface area contributed by atoms with Crippen LogP contribution >= 0.6 is 15.9 Å². The molecule has 1 N–H and O–H groups in total. The van der Waals surface area contributed by atoms with Gasteiger partial charge in [0.15, 0.2) is 0 Å². The van der Waals surface area contributed by atoms with Gasteiger partial charge in [0.05, 0.1) is 5.69 Å². The zero-order valence-corrected chi connectivity index (χ0v) is 17.2. The lowest BCUT2D eigenvalue weighted by Gasteiger charge is -2.24. The first-order valence-electron chi connectivity index (χ1n) is 9.40. The molecule has 148 valence electrons. The van der Waals surface area contributed by atoms with Crippen molar-refractivity contribution in [1.82, 2.24) is 25.0 Å². The average molecular weight is 454 g/mol. The van der Waals surface area contributed by atoms with Crippen molar-refractivity contribution >= 4 is 27.7 Å². The Kier molecular flexibility index (Phi) is 5.71. The van der Waals surface area contributed by atoms with Crippen molar-refractivity contribution in [2.75, 3.05) is 6.54 Å². The number of benzene rings is 2. The zero-order chi connectivity index (χ0) is 20.2. The Morgan fingerprint density at radius 1 is 1.10 bits per heavy atom. The Balaban J connectivity index is 1.37. The van der Waals surface area contributed by atoms with Crippen LogP contribution in [0.4, 0.5) is 0 Å².